The molecule has 0 radical (unpaired) electrons. The fourth-order valence-electron chi connectivity index (χ4n) is 14.8. The molecule has 38 heteroatoms. The van der Waals surface area contributed by atoms with E-state index in [9.17, 15) is 33.9 Å². The number of nitrogens with one attached hydrogen (secondary N) is 6. The summed E-state index contributed by atoms with van der Waals surface area (Å²) in [5.41, 5.74) is 15.9. The van der Waals surface area contributed by atoms with Gasteiger partial charge in [-0.25, -0.2) is 52.4 Å². The SMILES string of the molecule is CC(C)C(NC(=O)OCC1c2ccccc2-c2ccccc21)C(=O)N[C@@H](C)C(=O)Nc1ccc(CSP2(=O)OC[C@H]3O[C@@H](n4cnc5c(O)ncnc54)[C@H](F)[C@@H]3OP(=O)(SCc3ccc(NC(=O)[C@H](C)NC(=O)[C@@H](NC(=O)OCC4c5ccccc5-c5ccccc54)C(C)C)cc3)OC[C@H]3O[C@@H](n4cnc5c(N)ncnc54)[C@H](F)[C@@H]3O2)cc1. The summed E-state index contributed by atoms with van der Waals surface area (Å²) in [7, 11) is 0. The molecule has 0 spiro atoms. The third kappa shape index (κ3) is 17.5. The van der Waals surface area contributed by atoms with Crippen LogP contribution in [0.5, 0.6) is 5.88 Å². The van der Waals surface area contributed by atoms with E-state index in [1.54, 1.807) is 76.2 Å². The first-order chi connectivity index (χ1) is 56.8. The quantitative estimate of drug-likeness (QED) is 0.0260. The second-order valence-electron chi connectivity index (χ2n) is 29.5. The Hall–Kier alpha value is -10.8. The average Bonchev–Trinajstić information content (AvgIpc) is 1.63. The first kappa shape index (κ1) is 82.3. The molecule has 3 saturated heterocycles. The predicted octanol–water partition coefficient (Wildman–Crippen LogP) is 12.3. The summed E-state index contributed by atoms with van der Waals surface area (Å²) in [5, 5.41) is 26.9. The highest BCUT2D eigenvalue weighted by Gasteiger charge is 2.56. The smallest absolute Gasteiger partial charge is 0.407 e. The van der Waals surface area contributed by atoms with Crippen molar-refractivity contribution in [2.45, 2.75) is 138 Å². The number of hydrogen-bond acceptors (Lipinski definition) is 26. The van der Waals surface area contributed by atoms with Gasteiger partial charge >= 0.3 is 25.8 Å². The van der Waals surface area contributed by atoms with Crippen molar-refractivity contribution < 1.29 is 88.8 Å². The van der Waals surface area contributed by atoms with Crippen LogP contribution in [0, 0.1) is 11.8 Å². The van der Waals surface area contributed by atoms with Crippen molar-refractivity contribution in [2.75, 3.05) is 42.8 Å². The molecule has 15 rings (SSSR count). The third-order valence-electron chi connectivity index (χ3n) is 21.0. The van der Waals surface area contributed by atoms with E-state index < -0.39 is 154 Å². The Labute approximate surface area is 682 Å². The number of aromatic hydroxyl groups is 1. The van der Waals surface area contributed by atoms with Crippen LogP contribution in [0.2, 0.25) is 0 Å². The number of fused-ring (bicyclic) bond motifs is 10. The molecule has 6 amide bonds. The van der Waals surface area contributed by atoms with Crippen LogP contribution in [0.1, 0.15) is 99.2 Å². The van der Waals surface area contributed by atoms with Crippen molar-refractivity contribution in [2.24, 2.45) is 11.8 Å². The van der Waals surface area contributed by atoms with Crippen molar-refractivity contribution in [3.05, 3.63) is 204 Å². The van der Waals surface area contributed by atoms with Crippen LogP contribution in [-0.2, 0) is 76.9 Å². The maximum Gasteiger partial charge on any atom is 0.407 e. The van der Waals surface area contributed by atoms with E-state index in [2.05, 4.69) is 61.8 Å². The largest absolute Gasteiger partial charge is 0.492 e. The van der Waals surface area contributed by atoms with Gasteiger partial charge < -0.3 is 61.7 Å². The third-order valence-corrected chi connectivity index (χ3v) is 28.3. The molecule has 2 aliphatic carbocycles. The van der Waals surface area contributed by atoms with Gasteiger partial charge in [0, 0.05) is 34.7 Å². The summed E-state index contributed by atoms with van der Waals surface area (Å²) in [6, 6.07) is 39.7. The van der Waals surface area contributed by atoms with E-state index in [0.717, 1.165) is 68.1 Å². The number of amides is 6. The molecule has 4 aromatic heterocycles. The lowest BCUT2D eigenvalue weighted by Crippen LogP contribution is -2.53. The van der Waals surface area contributed by atoms with Crippen LogP contribution in [-0.4, -0.2) is 167 Å². The van der Waals surface area contributed by atoms with Crippen LogP contribution >= 0.6 is 36.4 Å². The summed E-state index contributed by atoms with van der Waals surface area (Å²) in [6.45, 7) is -1.29. The molecule has 3 unspecified atom stereocenters. The van der Waals surface area contributed by atoms with Crippen LogP contribution in [0.4, 0.5) is 35.6 Å². The van der Waals surface area contributed by atoms with Gasteiger partial charge in [0.2, 0.25) is 29.5 Å². The molecule has 9 N–H and O–H groups in total. The van der Waals surface area contributed by atoms with Crippen molar-refractivity contribution in [3.8, 4) is 28.1 Å². The summed E-state index contributed by atoms with van der Waals surface area (Å²) < 4.78 is 119. The number of imidazole rings is 2. The molecule has 0 saturated carbocycles. The summed E-state index contributed by atoms with van der Waals surface area (Å²) >= 11 is 1.22. The molecule has 14 atom stereocenters. The first-order valence-corrected chi connectivity index (χ1v) is 44.2. The zero-order chi connectivity index (χ0) is 82.8. The summed E-state index contributed by atoms with van der Waals surface area (Å²) in [6.07, 6.45) is -12.0. The molecule has 32 nitrogen and oxygen atoms in total. The van der Waals surface area contributed by atoms with E-state index in [1.165, 1.54) is 24.7 Å². The van der Waals surface area contributed by atoms with Gasteiger partial charge in [0.1, 0.15) is 80.0 Å². The van der Waals surface area contributed by atoms with Gasteiger partial charge in [-0.05, 0) is 128 Å². The number of nitrogens with zero attached hydrogens (tertiary/aromatic N) is 8. The number of alkyl carbamates (subject to hydrolysis) is 2. The molecule has 5 aliphatic rings. The Kier molecular flexibility index (Phi) is 24.4. The molecular formula is C80H83F2N15O17P2S2. The summed E-state index contributed by atoms with van der Waals surface area (Å²) in [4.78, 5) is 106. The number of benzene rings is 6. The van der Waals surface area contributed by atoms with Gasteiger partial charge in [-0.3, -0.25) is 46.4 Å². The molecule has 7 heterocycles. The molecule has 616 valence electrons. The van der Waals surface area contributed by atoms with Gasteiger partial charge in [-0.1, -0.05) is 149 Å². The molecule has 3 aliphatic heterocycles. The lowest BCUT2D eigenvalue weighted by molar-refractivity contribution is -0.128. The highest BCUT2D eigenvalue weighted by atomic mass is 32.7. The second kappa shape index (κ2) is 35.0. The van der Waals surface area contributed by atoms with Crippen molar-refractivity contribution in [1.29, 1.82) is 0 Å². The van der Waals surface area contributed by atoms with Crippen molar-refractivity contribution in [3.63, 3.8) is 0 Å². The number of ether oxygens (including phenoxy) is 4. The zero-order valence-electron chi connectivity index (χ0n) is 64.2. The number of rotatable bonds is 24. The number of carbonyl (C=O) groups excluding carboxylic acids is 6. The minimum Gasteiger partial charge on any atom is -0.492 e. The van der Waals surface area contributed by atoms with Crippen LogP contribution in [0.25, 0.3) is 44.6 Å². The van der Waals surface area contributed by atoms with Gasteiger partial charge in [-0.15, -0.1) is 0 Å². The van der Waals surface area contributed by atoms with Crippen molar-refractivity contribution in [1.82, 2.24) is 60.3 Å². The standard InChI is InChI=1S/C80H83F2N15O17P2S2/c1-41(2)63(94-79(103)107-31-57-53-19-11-7-15-49(53)50-16-8-12-20-54(50)57)75(101)90-43(5)72(98)92-47-27-23-45(24-28-47)35-117-115(105)110-34-60-68(62(82)78(112-60)97-40-89-66-71(97)86-38-87-74(66)100)114-116(106,109-33-59-67(113-115)61(81)77(111-59)96-39-88-65-69(83)84-37-85-70(65)96)118-36-46-25-29-48(30-26-46)93-73(99)44(6)91-76(102)64(42(3)4)95-80(104)108-32-58-55-21-13-9-17-51(55)52-18-10-14-22-56(52)58/h7-30,37-44,57-64,67-68,77-78H,31-36H2,1-6H3,(H,90,101)(H,91,102)(H,92,98)(H,93,99)(H,94,103)(H,95,104)(H2,83,84,85)(H,86,87,100)/t43-,44-,59+,60+,61+,62+,63?,64-,67+,68+,77+,78+,115?,116?/m0/s1. The minimum absolute atomic E-state index is 0.0224. The first-order valence-electron chi connectivity index (χ1n) is 37.9. The number of nitrogens with two attached hydrogens (primary N) is 1. The lowest BCUT2D eigenvalue weighted by atomic mass is 9.98. The number of carbonyl (C=O) groups is 6. The monoisotopic (exact) mass is 1690 g/mol. The second-order valence-corrected chi connectivity index (χ2v) is 37.6. The molecule has 3 fully saturated rings. The highest BCUT2D eigenvalue weighted by molar-refractivity contribution is 8.55. The van der Waals surface area contributed by atoms with Gasteiger partial charge in [0.05, 0.1) is 25.9 Å². The molecule has 118 heavy (non-hydrogen) atoms. The Morgan fingerprint density at radius 2 is 0.881 bits per heavy atom. The number of alkyl halides is 2. The average molecular weight is 1690 g/mol. The van der Waals surface area contributed by atoms with Crippen molar-refractivity contribution >= 4 is 112 Å². The summed E-state index contributed by atoms with van der Waals surface area (Å²) in [5.74, 6) is -4.66. The topological polar surface area (TPSA) is 416 Å². The fraction of sp³-hybridized carbons (Fsp3) is 0.350. The Morgan fingerprint density at radius 1 is 0.508 bits per heavy atom. The Bertz CT molecular complexity index is 5120. The molecule has 0 bridgehead atoms. The number of nitrogen functional groups attached to an aromatic ring is 1. The van der Waals surface area contributed by atoms with E-state index in [0.29, 0.717) is 33.9 Å². The number of halogens is 2. The maximum absolute atomic E-state index is 17.8. The predicted molar refractivity (Wildman–Crippen MR) is 433 cm³/mol. The van der Waals surface area contributed by atoms with Gasteiger partial charge in [0.15, 0.2) is 47.4 Å². The number of hydrogen-bond donors (Lipinski definition) is 8. The normalized spacial score (nSPS) is 23.2. The Balaban J connectivity index is 0.611. The zero-order valence-corrected chi connectivity index (χ0v) is 67.7. The fourth-order valence-corrected chi connectivity index (χ4v) is 21.5. The number of anilines is 3. The molecule has 6 aromatic carbocycles. The van der Waals surface area contributed by atoms with E-state index in [1.807, 2.05) is 97.1 Å². The molecular weight excluding hydrogens is 1610 g/mol. The van der Waals surface area contributed by atoms with Gasteiger partial charge in [-0.2, -0.15) is 4.98 Å². The lowest BCUT2D eigenvalue weighted by Gasteiger charge is -2.30. The van der Waals surface area contributed by atoms with E-state index in [4.69, 9.17) is 42.8 Å². The maximum atomic E-state index is 17.8. The van der Waals surface area contributed by atoms with Crippen LogP contribution in [0.3, 0.4) is 0 Å². The van der Waals surface area contributed by atoms with E-state index >= 15 is 17.9 Å². The van der Waals surface area contributed by atoms with Gasteiger partial charge in [0.25, 0.3) is 0 Å². The van der Waals surface area contributed by atoms with Crippen LogP contribution < -0.4 is 37.6 Å². The number of aromatic nitrogens is 8. The molecule has 10 aromatic rings. The van der Waals surface area contributed by atoms with Crippen LogP contribution in [0.15, 0.2) is 171 Å². The van der Waals surface area contributed by atoms with E-state index in [-0.39, 0.29) is 76.1 Å². The highest BCUT2D eigenvalue weighted by Crippen LogP contribution is 2.67. The minimum atomic E-state index is -4.80. The Morgan fingerprint density at radius 3 is 1.28 bits per heavy atom.